The molecule has 0 radical (unpaired) electrons. The van der Waals surface area contributed by atoms with Gasteiger partial charge in [0.2, 0.25) is 5.88 Å². The van der Waals surface area contributed by atoms with E-state index in [1.54, 1.807) is 12.3 Å². The van der Waals surface area contributed by atoms with Crippen LogP contribution in [0.2, 0.25) is 0 Å². The van der Waals surface area contributed by atoms with Crippen LogP contribution in [0.4, 0.5) is 4.39 Å². The quantitative estimate of drug-likeness (QED) is 0.242. The normalized spacial score (nSPS) is 10.8. The summed E-state index contributed by atoms with van der Waals surface area (Å²) in [5.74, 6) is -1.31. The van der Waals surface area contributed by atoms with Gasteiger partial charge in [0.25, 0.3) is 0 Å². The molecule has 0 aliphatic rings. The maximum atomic E-state index is 14.4. The second kappa shape index (κ2) is 12.1. The molecule has 0 bridgehead atoms. The van der Waals surface area contributed by atoms with Crippen molar-refractivity contribution in [1.82, 2.24) is 9.97 Å². The van der Waals surface area contributed by atoms with Crippen LogP contribution < -0.4 is 4.74 Å². The molecule has 0 saturated carbocycles. The van der Waals surface area contributed by atoms with Crippen LogP contribution in [0.5, 0.6) is 5.88 Å². The SMILES string of the molecule is CCCCCc1ccc(-c2cnc(OC(=O)c3ccc(CCCCC)cc3F)cn2)cc1. The van der Waals surface area contributed by atoms with Gasteiger partial charge in [0.1, 0.15) is 5.82 Å². The molecule has 0 saturated heterocycles. The lowest BCUT2D eigenvalue weighted by Crippen LogP contribution is -2.12. The molecule has 0 aliphatic heterocycles. The second-order valence-electron chi connectivity index (χ2n) is 8.05. The van der Waals surface area contributed by atoms with Crippen LogP contribution in [0.25, 0.3) is 11.3 Å². The summed E-state index contributed by atoms with van der Waals surface area (Å²) in [6.07, 6.45) is 11.7. The van der Waals surface area contributed by atoms with E-state index in [0.29, 0.717) is 5.69 Å². The van der Waals surface area contributed by atoms with Crippen LogP contribution >= 0.6 is 0 Å². The van der Waals surface area contributed by atoms with Gasteiger partial charge in [0, 0.05) is 5.56 Å². The van der Waals surface area contributed by atoms with Crippen molar-refractivity contribution in [1.29, 1.82) is 0 Å². The van der Waals surface area contributed by atoms with Gasteiger partial charge in [-0.15, -0.1) is 0 Å². The fraction of sp³-hybridized carbons (Fsp3) is 0.370. The summed E-state index contributed by atoms with van der Waals surface area (Å²) >= 11 is 0. The Balaban J connectivity index is 1.60. The standard InChI is InChI=1S/C27H31FN2O2/c1-3-5-7-9-20-11-14-22(15-12-20)25-18-30-26(19-29-25)32-27(31)23-16-13-21(17-24(23)28)10-8-6-4-2/h11-19H,3-10H2,1-2H3. The second-order valence-corrected chi connectivity index (χ2v) is 8.05. The fourth-order valence-electron chi connectivity index (χ4n) is 3.55. The number of benzene rings is 2. The van der Waals surface area contributed by atoms with Crippen LogP contribution in [0.1, 0.15) is 73.9 Å². The molecule has 0 fully saturated rings. The molecule has 0 amide bonds. The van der Waals surface area contributed by atoms with Gasteiger partial charge in [-0.3, -0.25) is 0 Å². The van der Waals surface area contributed by atoms with E-state index in [-0.39, 0.29) is 11.4 Å². The van der Waals surface area contributed by atoms with Gasteiger partial charge in [0.05, 0.1) is 23.7 Å². The summed E-state index contributed by atoms with van der Waals surface area (Å²) in [5.41, 5.74) is 3.72. The molecule has 0 N–H and O–H groups in total. The molecule has 4 nitrogen and oxygen atoms in total. The number of unbranched alkanes of at least 4 members (excludes halogenated alkanes) is 4. The van der Waals surface area contributed by atoms with E-state index < -0.39 is 11.8 Å². The molecule has 3 rings (SSSR count). The van der Waals surface area contributed by atoms with Crippen LogP contribution in [-0.4, -0.2) is 15.9 Å². The third-order valence-corrected chi connectivity index (χ3v) is 5.47. The number of hydrogen-bond acceptors (Lipinski definition) is 4. The Morgan fingerprint density at radius 3 is 2.09 bits per heavy atom. The predicted octanol–water partition coefficient (Wildman–Crippen LogP) is 6.97. The summed E-state index contributed by atoms with van der Waals surface area (Å²) in [6, 6.07) is 12.9. The Hall–Kier alpha value is -3.08. The molecule has 0 atom stereocenters. The summed E-state index contributed by atoms with van der Waals surface area (Å²) in [6.45, 7) is 4.32. The van der Waals surface area contributed by atoms with Crippen molar-refractivity contribution in [3.8, 4) is 17.1 Å². The number of hydrogen-bond donors (Lipinski definition) is 0. The zero-order valence-electron chi connectivity index (χ0n) is 18.9. The molecular weight excluding hydrogens is 403 g/mol. The minimum absolute atomic E-state index is 0.0429. The first kappa shape index (κ1) is 23.6. The predicted molar refractivity (Wildman–Crippen MR) is 125 cm³/mol. The minimum Gasteiger partial charge on any atom is -0.402 e. The number of halogens is 1. The minimum atomic E-state index is -0.777. The Kier molecular flexibility index (Phi) is 8.90. The van der Waals surface area contributed by atoms with Crippen molar-refractivity contribution >= 4 is 5.97 Å². The largest absolute Gasteiger partial charge is 0.402 e. The molecular formula is C27H31FN2O2. The van der Waals surface area contributed by atoms with E-state index in [2.05, 4.69) is 35.9 Å². The maximum Gasteiger partial charge on any atom is 0.347 e. The highest BCUT2D eigenvalue weighted by Gasteiger charge is 2.16. The van der Waals surface area contributed by atoms with Gasteiger partial charge < -0.3 is 4.74 Å². The van der Waals surface area contributed by atoms with E-state index in [0.717, 1.165) is 43.2 Å². The lowest BCUT2D eigenvalue weighted by Gasteiger charge is -2.07. The number of ether oxygens (including phenoxy) is 1. The van der Waals surface area contributed by atoms with Crippen molar-refractivity contribution in [2.45, 2.75) is 65.2 Å². The maximum absolute atomic E-state index is 14.4. The molecule has 5 heteroatoms. The van der Waals surface area contributed by atoms with Gasteiger partial charge >= 0.3 is 5.97 Å². The zero-order valence-corrected chi connectivity index (χ0v) is 18.9. The topological polar surface area (TPSA) is 52.1 Å². The smallest absolute Gasteiger partial charge is 0.347 e. The summed E-state index contributed by atoms with van der Waals surface area (Å²) < 4.78 is 19.6. The summed E-state index contributed by atoms with van der Waals surface area (Å²) in [4.78, 5) is 20.9. The zero-order chi connectivity index (χ0) is 22.8. The average molecular weight is 435 g/mol. The molecule has 0 aliphatic carbocycles. The number of nitrogens with zero attached hydrogens (tertiary/aromatic N) is 2. The molecule has 1 aromatic heterocycles. The Bertz CT molecular complexity index is 1000. The third kappa shape index (κ3) is 6.71. The number of carbonyl (C=O) groups is 1. The number of esters is 1. The van der Waals surface area contributed by atoms with E-state index >= 15 is 0 Å². The first-order valence-corrected chi connectivity index (χ1v) is 11.5. The fourth-order valence-corrected chi connectivity index (χ4v) is 3.55. The van der Waals surface area contributed by atoms with Gasteiger partial charge in [0.15, 0.2) is 0 Å². The average Bonchev–Trinajstić information content (AvgIpc) is 2.80. The number of aryl methyl sites for hydroxylation is 2. The highest BCUT2D eigenvalue weighted by Crippen LogP contribution is 2.20. The molecule has 3 aromatic rings. The first-order chi connectivity index (χ1) is 15.6. The highest BCUT2D eigenvalue weighted by molar-refractivity contribution is 5.91. The lowest BCUT2D eigenvalue weighted by molar-refractivity contribution is 0.0722. The van der Waals surface area contributed by atoms with Crippen LogP contribution in [-0.2, 0) is 12.8 Å². The van der Waals surface area contributed by atoms with Gasteiger partial charge in [-0.05, 0) is 48.9 Å². The van der Waals surface area contributed by atoms with E-state index in [1.807, 2.05) is 12.1 Å². The molecule has 2 aromatic carbocycles. The van der Waals surface area contributed by atoms with Gasteiger partial charge in [-0.25, -0.2) is 19.2 Å². The van der Waals surface area contributed by atoms with Gasteiger partial charge in [-0.1, -0.05) is 69.9 Å². The molecule has 0 unspecified atom stereocenters. The van der Waals surface area contributed by atoms with E-state index in [9.17, 15) is 9.18 Å². The number of carbonyl (C=O) groups excluding carboxylic acids is 1. The summed E-state index contributed by atoms with van der Waals surface area (Å²) in [7, 11) is 0. The Labute approximate surface area is 189 Å². The lowest BCUT2D eigenvalue weighted by atomic mass is 10.0. The first-order valence-electron chi connectivity index (χ1n) is 11.5. The van der Waals surface area contributed by atoms with E-state index in [1.165, 1.54) is 43.2 Å². The third-order valence-electron chi connectivity index (χ3n) is 5.47. The number of aromatic nitrogens is 2. The van der Waals surface area contributed by atoms with Crippen LogP contribution in [0.3, 0.4) is 0 Å². The molecule has 1 heterocycles. The summed E-state index contributed by atoms with van der Waals surface area (Å²) in [5, 5.41) is 0. The molecule has 32 heavy (non-hydrogen) atoms. The highest BCUT2D eigenvalue weighted by atomic mass is 19.1. The van der Waals surface area contributed by atoms with Crippen molar-refractivity contribution in [3.63, 3.8) is 0 Å². The Morgan fingerprint density at radius 1 is 0.844 bits per heavy atom. The number of rotatable bonds is 11. The van der Waals surface area contributed by atoms with Crippen LogP contribution in [0.15, 0.2) is 54.9 Å². The van der Waals surface area contributed by atoms with Crippen molar-refractivity contribution in [2.24, 2.45) is 0 Å². The molecule has 168 valence electrons. The van der Waals surface area contributed by atoms with E-state index in [4.69, 9.17) is 4.74 Å². The Morgan fingerprint density at radius 2 is 1.50 bits per heavy atom. The van der Waals surface area contributed by atoms with Crippen molar-refractivity contribution in [2.75, 3.05) is 0 Å². The molecule has 0 spiro atoms. The monoisotopic (exact) mass is 434 g/mol. The van der Waals surface area contributed by atoms with Crippen molar-refractivity contribution in [3.05, 3.63) is 77.4 Å². The van der Waals surface area contributed by atoms with Crippen LogP contribution in [0, 0.1) is 5.82 Å². The van der Waals surface area contributed by atoms with Gasteiger partial charge in [-0.2, -0.15) is 0 Å². The van der Waals surface area contributed by atoms with Crippen molar-refractivity contribution < 1.29 is 13.9 Å².